The summed E-state index contributed by atoms with van der Waals surface area (Å²) in [5.41, 5.74) is 7.77. The van der Waals surface area contributed by atoms with Gasteiger partial charge in [0.25, 0.3) is 0 Å². The summed E-state index contributed by atoms with van der Waals surface area (Å²) < 4.78 is 48.3. The first-order valence-electron chi connectivity index (χ1n) is 11.6. The minimum Gasteiger partial charge on any atom is -0.496 e. The highest BCUT2D eigenvalue weighted by Gasteiger charge is 2.30. The van der Waals surface area contributed by atoms with Crippen molar-refractivity contribution < 1.29 is 17.9 Å². The molecular weight excluding hydrogens is 519 g/mol. The van der Waals surface area contributed by atoms with Crippen LogP contribution in [-0.2, 0) is 17.3 Å². The predicted octanol–water partition coefficient (Wildman–Crippen LogP) is 7.97. The Balaban J connectivity index is 3.61. The number of benzene rings is 1. The second-order valence-electron chi connectivity index (χ2n) is 8.42. The van der Waals surface area contributed by atoms with Gasteiger partial charge in [-0.1, -0.05) is 43.5 Å². The number of nitrogens with zero attached hydrogens (tertiary/aromatic N) is 1. The first kappa shape index (κ1) is 30.7. The largest absolute Gasteiger partial charge is 0.496 e. The van der Waals surface area contributed by atoms with Gasteiger partial charge in [-0.2, -0.15) is 8.78 Å². The third-order valence-corrected chi connectivity index (χ3v) is 6.08. The summed E-state index contributed by atoms with van der Waals surface area (Å²) >= 11 is 3.60. The molecule has 8 heteroatoms. The van der Waals surface area contributed by atoms with Gasteiger partial charge in [0.2, 0.25) is 0 Å². The third kappa shape index (κ3) is 9.33. The zero-order chi connectivity index (χ0) is 26.8. The summed E-state index contributed by atoms with van der Waals surface area (Å²) in [6.07, 6.45) is 6.55. The highest BCUT2D eigenvalue weighted by Crippen LogP contribution is 2.27. The van der Waals surface area contributed by atoms with E-state index < -0.39 is 17.4 Å². The quantitative estimate of drug-likeness (QED) is 0.0956. The van der Waals surface area contributed by atoms with Crippen LogP contribution in [0.1, 0.15) is 71.9 Å². The Morgan fingerprint density at radius 2 is 1.86 bits per heavy atom. The lowest BCUT2D eigenvalue weighted by atomic mass is 10.1. The number of allylic oxidation sites excluding steroid dienone is 5. The molecule has 0 heterocycles. The minimum atomic E-state index is -3.78. The van der Waals surface area contributed by atoms with Crippen molar-refractivity contribution in [3.8, 4) is 0 Å². The maximum atomic E-state index is 14.8. The first-order chi connectivity index (χ1) is 16.4. The number of hydrogen-bond donors (Lipinski definition) is 2. The van der Waals surface area contributed by atoms with Gasteiger partial charge in [-0.05, 0) is 74.7 Å². The second-order valence-corrected chi connectivity index (χ2v) is 9.27. The van der Waals surface area contributed by atoms with Crippen molar-refractivity contribution >= 4 is 21.8 Å². The average Bonchev–Trinajstić information content (AvgIpc) is 2.79. The predicted molar refractivity (Wildman–Crippen MR) is 143 cm³/mol. The summed E-state index contributed by atoms with van der Waals surface area (Å²) in [6, 6.07) is -0.0145. The Morgan fingerprint density at radius 3 is 2.37 bits per heavy atom. The van der Waals surface area contributed by atoms with E-state index in [1.165, 1.54) is 12.1 Å². The van der Waals surface area contributed by atoms with Crippen molar-refractivity contribution in [1.29, 1.82) is 0 Å². The normalized spacial score (nSPS) is 14.0. The SMILES string of the molecule is CCC/C=C(OC)/C(Br)=C\C(C(=NCc1cccc(C(N)(F)F)c1F)NC(C)=C(C)CC)=C(C)C. The fourth-order valence-electron chi connectivity index (χ4n) is 3.07. The van der Waals surface area contributed by atoms with Crippen LogP contribution in [0.25, 0.3) is 0 Å². The first-order valence-corrected chi connectivity index (χ1v) is 12.4. The maximum Gasteiger partial charge on any atom is 0.329 e. The molecule has 0 saturated carbocycles. The highest BCUT2D eigenvalue weighted by molar-refractivity contribution is 9.12. The number of hydrogen-bond acceptors (Lipinski definition) is 3. The number of nitrogens with two attached hydrogens (primary N) is 1. The van der Waals surface area contributed by atoms with Crippen LogP contribution in [0.3, 0.4) is 0 Å². The Bertz CT molecular complexity index is 1030. The number of ether oxygens (including phenoxy) is 1. The molecule has 35 heavy (non-hydrogen) atoms. The fraction of sp³-hybridized carbons (Fsp3) is 0.444. The minimum absolute atomic E-state index is 0.0253. The number of nitrogens with one attached hydrogen (secondary N) is 1. The zero-order valence-electron chi connectivity index (χ0n) is 21.7. The molecule has 0 aliphatic carbocycles. The van der Waals surface area contributed by atoms with Crippen molar-refractivity contribution in [1.82, 2.24) is 5.32 Å². The van der Waals surface area contributed by atoms with Crippen LogP contribution in [0, 0.1) is 5.82 Å². The van der Waals surface area contributed by atoms with Gasteiger partial charge in [-0.25, -0.2) is 4.39 Å². The maximum absolute atomic E-state index is 14.8. The molecule has 4 nitrogen and oxygen atoms in total. The molecule has 0 unspecified atom stereocenters. The second kappa shape index (κ2) is 14.3. The Labute approximate surface area is 216 Å². The Kier molecular flexibility index (Phi) is 12.5. The lowest BCUT2D eigenvalue weighted by molar-refractivity contribution is -0.000741. The van der Waals surface area contributed by atoms with Crippen LogP contribution < -0.4 is 11.1 Å². The van der Waals surface area contributed by atoms with Gasteiger partial charge in [0.05, 0.1) is 23.7 Å². The van der Waals surface area contributed by atoms with E-state index >= 15 is 0 Å². The molecule has 1 aromatic rings. The Morgan fingerprint density at radius 1 is 1.20 bits per heavy atom. The van der Waals surface area contributed by atoms with Crippen LogP contribution in [0.2, 0.25) is 0 Å². The van der Waals surface area contributed by atoms with Gasteiger partial charge in [0.15, 0.2) is 0 Å². The fourth-order valence-corrected chi connectivity index (χ4v) is 3.62. The molecule has 0 bridgehead atoms. The number of halogens is 4. The summed E-state index contributed by atoms with van der Waals surface area (Å²) in [4.78, 5) is 4.62. The molecule has 0 radical (unpaired) electrons. The van der Waals surface area contributed by atoms with E-state index in [-0.39, 0.29) is 12.1 Å². The molecule has 0 amide bonds. The molecule has 3 N–H and O–H groups in total. The lowest BCUT2D eigenvalue weighted by Gasteiger charge is -2.17. The van der Waals surface area contributed by atoms with E-state index in [2.05, 4.69) is 33.2 Å². The number of alkyl halides is 2. The number of rotatable bonds is 11. The van der Waals surface area contributed by atoms with Crippen LogP contribution in [0.4, 0.5) is 13.2 Å². The zero-order valence-corrected chi connectivity index (χ0v) is 23.2. The summed E-state index contributed by atoms with van der Waals surface area (Å²) in [5, 5.41) is 3.34. The van der Waals surface area contributed by atoms with Crippen LogP contribution >= 0.6 is 15.9 Å². The lowest BCUT2D eigenvalue weighted by Crippen LogP contribution is -2.27. The topological polar surface area (TPSA) is 59.6 Å². The molecule has 0 saturated heterocycles. The van der Waals surface area contributed by atoms with Crippen molar-refractivity contribution in [3.05, 3.63) is 80.0 Å². The molecule has 0 aliphatic heterocycles. The molecule has 0 spiro atoms. The van der Waals surface area contributed by atoms with Crippen molar-refractivity contribution in [2.75, 3.05) is 7.11 Å². The third-order valence-electron chi connectivity index (χ3n) is 5.46. The van der Waals surface area contributed by atoms with Crippen molar-refractivity contribution in [2.45, 2.75) is 73.4 Å². The van der Waals surface area contributed by atoms with Crippen LogP contribution in [0.15, 0.2) is 68.0 Å². The average molecular weight is 557 g/mol. The highest BCUT2D eigenvalue weighted by atomic mass is 79.9. The molecule has 0 fully saturated rings. The van der Waals surface area contributed by atoms with Crippen molar-refractivity contribution in [2.24, 2.45) is 10.7 Å². The number of amidine groups is 1. The van der Waals surface area contributed by atoms with Gasteiger partial charge in [-0.3, -0.25) is 10.7 Å². The molecular formula is C27H37BrF3N3O. The number of unbranched alkanes of at least 4 members (excludes halogenated alkanes) is 1. The molecule has 0 aliphatic rings. The van der Waals surface area contributed by atoms with Crippen molar-refractivity contribution in [3.63, 3.8) is 0 Å². The van der Waals surface area contributed by atoms with E-state index in [0.717, 1.165) is 52.2 Å². The van der Waals surface area contributed by atoms with E-state index in [1.54, 1.807) is 7.11 Å². The summed E-state index contributed by atoms with van der Waals surface area (Å²) in [7, 11) is 1.60. The van der Waals surface area contributed by atoms with Crippen LogP contribution in [0.5, 0.6) is 0 Å². The smallest absolute Gasteiger partial charge is 0.329 e. The van der Waals surface area contributed by atoms with Gasteiger partial charge < -0.3 is 10.1 Å². The summed E-state index contributed by atoms with van der Waals surface area (Å²) in [6.45, 7) is 11.8. The van der Waals surface area contributed by atoms with Crippen LogP contribution in [-0.4, -0.2) is 12.9 Å². The summed E-state index contributed by atoms with van der Waals surface area (Å²) in [5.74, 6) is 0.119. The molecule has 0 atom stereocenters. The van der Waals surface area contributed by atoms with Gasteiger partial charge in [0, 0.05) is 16.8 Å². The van der Waals surface area contributed by atoms with E-state index in [1.807, 2.05) is 46.8 Å². The molecule has 0 aromatic heterocycles. The molecule has 1 rings (SSSR count). The number of methoxy groups -OCH3 is 1. The monoisotopic (exact) mass is 555 g/mol. The Hall–Kier alpha value is -2.32. The van der Waals surface area contributed by atoms with E-state index in [4.69, 9.17) is 10.5 Å². The molecule has 194 valence electrons. The number of aliphatic imine (C=N–C) groups is 1. The van der Waals surface area contributed by atoms with Gasteiger partial charge >= 0.3 is 6.05 Å². The molecule has 1 aromatic carbocycles. The van der Waals surface area contributed by atoms with E-state index in [9.17, 15) is 13.2 Å². The van der Waals surface area contributed by atoms with E-state index in [0.29, 0.717) is 11.6 Å². The van der Waals surface area contributed by atoms with Gasteiger partial charge in [-0.15, -0.1) is 0 Å². The standard InChI is InChI=1S/C27H37BrF3N3O/c1-8-10-14-24(35-7)23(28)15-21(17(3)4)26(34-19(6)18(5)9-2)33-16-20-12-11-13-22(25(20)29)27(30,31)32/h11-15H,8-10,16,32H2,1-7H3,(H,33,34)/b19-18?,23-15+,24-14-. The van der Waals surface area contributed by atoms with Gasteiger partial charge in [0.1, 0.15) is 17.4 Å².